The Hall–Kier alpha value is -2.47. The Labute approximate surface area is 97.9 Å². The number of pyridine rings is 2. The molecule has 4 N–H and O–H groups in total. The predicted octanol–water partition coefficient (Wildman–Crippen LogP) is 0.824. The predicted molar refractivity (Wildman–Crippen MR) is 63.4 cm³/mol. The molecule has 0 aliphatic rings. The zero-order chi connectivity index (χ0) is 12.1. The first kappa shape index (κ1) is 11.0. The average molecular weight is 229 g/mol. The van der Waals surface area contributed by atoms with E-state index in [0.717, 1.165) is 0 Å². The van der Waals surface area contributed by atoms with Crippen LogP contribution in [-0.4, -0.2) is 15.9 Å². The van der Waals surface area contributed by atoms with Gasteiger partial charge in [-0.25, -0.2) is 15.8 Å². The van der Waals surface area contributed by atoms with E-state index in [1.165, 1.54) is 6.20 Å². The molecular weight excluding hydrogens is 218 g/mol. The van der Waals surface area contributed by atoms with Crippen molar-refractivity contribution in [2.75, 3.05) is 5.32 Å². The molecule has 0 spiro atoms. The number of hydrazine groups is 1. The number of nitrogens with zero attached hydrogens (tertiary/aromatic N) is 2. The van der Waals surface area contributed by atoms with Crippen LogP contribution >= 0.6 is 0 Å². The summed E-state index contributed by atoms with van der Waals surface area (Å²) in [5.74, 6) is 5.88. The molecule has 1 amide bonds. The normalized spacial score (nSPS) is 9.71. The van der Waals surface area contributed by atoms with Gasteiger partial charge in [-0.15, -0.1) is 0 Å². The van der Waals surface area contributed by atoms with Crippen LogP contribution in [0.15, 0.2) is 42.7 Å². The van der Waals surface area contributed by atoms with Gasteiger partial charge in [-0.3, -0.25) is 10.2 Å². The quantitative estimate of drug-likeness (QED) is 0.411. The van der Waals surface area contributed by atoms with Crippen molar-refractivity contribution in [3.63, 3.8) is 0 Å². The van der Waals surface area contributed by atoms with Gasteiger partial charge in [-0.1, -0.05) is 6.07 Å². The van der Waals surface area contributed by atoms with E-state index in [2.05, 4.69) is 20.7 Å². The van der Waals surface area contributed by atoms with E-state index in [1.54, 1.807) is 24.4 Å². The van der Waals surface area contributed by atoms with Crippen LogP contribution in [0.25, 0.3) is 0 Å². The van der Waals surface area contributed by atoms with Crippen molar-refractivity contribution in [3.05, 3.63) is 48.3 Å². The van der Waals surface area contributed by atoms with E-state index in [4.69, 9.17) is 5.84 Å². The van der Waals surface area contributed by atoms with E-state index in [1.807, 2.05) is 12.1 Å². The first-order valence-corrected chi connectivity index (χ1v) is 4.94. The summed E-state index contributed by atoms with van der Waals surface area (Å²) in [6, 6.07) is 8.64. The van der Waals surface area contributed by atoms with Crippen molar-refractivity contribution < 1.29 is 4.79 Å². The summed E-state index contributed by atoms with van der Waals surface area (Å²) in [4.78, 5) is 19.5. The highest BCUT2D eigenvalue weighted by Crippen LogP contribution is 2.12. The lowest BCUT2D eigenvalue weighted by molar-refractivity contribution is 0.0953. The summed E-state index contributed by atoms with van der Waals surface area (Å²) >= 11 is 0. The zero-order valence-electron chi connectivity index (χ0n) is 8.92. The molecule has 0 saturated carbocycles. The lowest BCUT2D eigenvalue weighted by atomic mass is 10.2. The van der Waals surface area contributed by atoms with Crippen LogP contribution < -0.4 is 16.6 Å². The van der Waals surface area contributed by atoms with Gasteiger partial charge in [0.2, 0.25) is 0 Å². The minimum absolute atomic E-state index is 0.364. The monoisotopic (exact) mass is 229 g/mol. The molecule has 0 atom stereocenters. The number of nitrogens with one attached hydrogen (secondary N) is 2. The third kappa shape index (κ3) is 2.76. The smallest absolute Gasteiger partial charge is 0.265 e. The second-order valence-electron chi connectivity index (χ2n) is 3.24. The van der Waals surface area contributed by atoms with Crippen molar-refractivity contribution in [2.45, 2.75) is 0 Å². The van der Waals surface area contributed by atoms with Gasteiger partial charge in [0.05, 0.1) is 0 Å². The molecule has 2 heterocycles. The largest absolute Gasteiger partial charge is 0.325 e. The second-order valence-corrected chi connectivity index (χ2v) is 3.24. The number of carbonyl (C=O) groups excluding carboxylic acids is 1. The van der Waals surface area contributed by atoms with Crippen LogP contribution in [0.5, 0.6) is 0 Å². The summed E-state index contributed by atoms with van der Waals surface area (Å²) in [5.41, 5.74) is 2.49. The number of hydrogen-bond donors (Lipinski definition) is 3. The third-order valence-corrected chi connectivity index (χ3v) is 2.07. The molecule has 17 heavy (non-hydrogen) atoms. The molecule has 2 aromatic rings. The van der Waals surface area contributed by atoms with Gasteiger partial charge < -0.3 is 5.32 Å². The number of aromatic nitrogens is 2. The molecule has 6 nitrogen and oxygen atoms in total. The fraction of sp³-hybridized carbons (Fsp3) is 0. The highest BCUT2D eigenvalue weighted by atomic mass is 16.2. The summed E-state index contributed by atoms with van der Waals surface area (Å²) in [6.07, 6.45) is 3.19. The van der Waals surface area contributed by atoms with Gasteiger partial charge in [0.25, 0.3) is 5.91 Å². The molecule has 0 unspecified atom stereocenters. The van der Waals surface area contributed by atoms with E-state index >= 15 is 0 Å². The molecule has 6 heteroatoms. The van der Waals surface area contributed by atoms with E-state index in [9.17, 15) is 4.79 Å². The van der Waals surface area contributed by atoms with Crippen molar-refractivity contribution >= 4 is 17.5 Å². The van der Waals surface area contributed by atoms with Crippen molar-refractivity contribution in [2.24, 2.45) is 5.84 Å². The van der Waals surface area contributed by atoms with Crippen LogP contribution in [0.4, 0.5) is 11.6 Å². The minimum Gasteiger partial charge on any atom is -0.325 e. The van der Waals surface area contributed by atoms with Gasteiger partial charge in [0, 0.05) is 18.0 Å². The third-order valence-electron chi connectivity index (χ3n) is 2.07. The van der Waals surface area contributed by atoms with E-state index in [0.29, 0.717) is 17.2 Å². The molecule has 0 aromatic carbocycles. The second kappa shape index (κ2) is 5.04. The Morgan fingerprint density at radius 3 is 2.65 bits per heavy atom. The van der Waals surface area contributed by atoms with Crippen LogP contribution in [-0.2, 0) is 0 Å². The molecule has 2 rings (SSSR count). The van der Waals surface area contributed by atoms with Crippen LogP contribution in [0.1, 0.15) is 10.4 Å². The number of anilines is 2. The molecule has 86 valence electrons. The van der Waals surface area contributed by atoms with Crippen molar-refractivity contribution in [1.29, 1.82) is 0 Å². The summed E-state index contributed by atoms with van der Waals surface area (Å²) in [5, 5.41) is 2.98. The van der Waals surface area contributed by atoms with E-state index in [-0.39, 0.29) is 5.91 Å². The highest BCUT2D eigenvalue weighted by molar-refractivity contribution is 5.94. The minimum atomic E-state index is -0.364. The number of rotatable bonds is 3. The Balaban J connectivity index is 2.20. The summed E-state index contributed by atoms with van der Waals surface area (Å²) in [7, 11) is 0. The first-order valence-electron chi connectivity index (χ1n) is 4.94. The Kier molecular flexibility index (Phi) is 3.27. The molecule has 0 bridgehead atoms. The van der Waals surface area contributed by atoms with Crippen molar-refractivity contribution in [1.82, 2.24) is 15.4 Å². The standard InChI is InChI=1S/C11H11N5O/c12-16-11(17)8-4-6-14-10(7-8)15-9-3-1-2-5-13-9/h1-7H,12H2,(H,16,17)(H,13,14,15). The van der Waals surface area contributed by atoms with Gasteiger partial charge in [-0.2, -0.15) is 0 Å². The molecule has 0 saturated heterocycles. The Bertz CT molecular complexity index is 514. The number of hydrogen-bond acceptors (Lipinski definition) is 5. The van der Waals surface area contributed by atoms with Crippen LogP contribution in [0.3, 0.4) is 0 Å². The van der Waals surface area contributed by atoms with Crippen molar-refractivity contribution in [3.8, 4) is 0 Å². The van der Waals surface area contributed by atoms with Gasteiger partial charge >= 0.3 is 0 Å². The molecule has 0 aliphatic carbocycles. The number of carbonyl (C=O) groups is 1. The highest BCUT2D eigenvalue weighted by Gasteiger charge is 2.04. The molecule has 0 fully saturated rings. The summed E-state index contributed by atoms with van der Waals surface area (Å²) in [6.45, 7) is 0. The fourth-order valence-corrected chi connectivity index (χ4v) is 1.29. The maximum Gasteiger partial charge on any atom is 0.265 e. The molecular formula is C11H11N5O. The maximum absolute atomic E-state index is 11.3. The number of nitrogen functional groups attached to an aromatic ring is 1. The topological polar surface area (TPSA) is 92.9 Å². The first-order chi connectivity index (χ1) is 8.29. The average Bonchev–Trinajstić information content (AvgIpc) is 2.39. The van der Waals surface area contributed by atoms with Crippen LogP contribution in [0.2, 0.25) is 0 Å². The molecule has 0 radical (unpaired) electrons. The number of amides is 1. The van der Waals surface area contributed by atoms with Gasteiger partial charge in [0.1, 0.15) is 11.6 Å². The Morgan fingerprint density at radius 2 is 1.94 bits per heavy atom. The fourth-order valence-electron chi connectivity index (χ4n) is 1.29. The lowest BCUT2D eigenvalue weighted by Crippen LogP contribution is -2.30. The SMILES string of the molecule is NNC(=O)c1ccnc(Nc2ccccn2)c1. The summed E-state index contributed by atoms with van der Waals surface area (Å²) < 4.78 is 0. The molecule has 0 aliphatic heterocycles. The lowest BCUT2D eigenvalue weighted by Gasteiger charge is -2.05. The van der Waals surface area contributed by atoms with Gasteiger partial charge in [-0.05, 0) is 24.3 Å². The number of nitrogens with two attached hydrogens (primary N) is 1. The van der Waals surface area contributed by atoms with E-state index < -0.39 is 0 Å². The zero-order valence-corrected chi connectivity index (χ0v) is 8.92. The maximum atomic E-state index is 11.3. The Morgan fingerprint density at radius 1 is 1.12 bits per heavy atom. The molecule has 2 aromatic heterocycles. The van der Waals surface area contributed by atoms with Crippen LogP contribution in [0, 0.1) is 0 Å². The van der Waals surface area contributed by atoms with Gasteiger partial charge in [0.15, 0.2) is 0 Å².